The number of nitrogens with one attached hydrogen (secondary N) is 1. The van der Waals surface area contributed by atoms with Crippen LogP contribution in [0.4, 0.5) is 4.79 Å². The first-order chi connectivity index (χ1) is 7.77. The normalized spacial score (nSPS) is 19.4. The third-order valence-corrected chi connectivity index (χ3v) is 2.93. The van der Waals surface area contributed by atoms with Gasteiger partial charge in [-0.2, -0.15) is 5.10 Å². The summed E-state index contributed by atoms with van der Waals surface area (Å²) >= 11 is 0. The fourth-order valence-electron chi connectivity index (χ4n) is 2.16. The summed E-state index contributed by atoms with van der Waals surface area (Å²) in [4.78, 5) is 13.3. The van der Waals surface area contributed by atoms with Gasteiger partial charge in [0.1, 0.15) is 0 Å². The Kier molecular flexibility index (Phi) is 3.09. The molecule has 0 fully saturated rings. The van der Waals surface area contributed by atoms with E-state index in [1.165, 1.54) is 12.7 Å². The van der Waals surface area contributed by atoms with E-state index in [-0.39, 0.29) is 12.1 Å². The zero-order valence-electron chi connectivity index (χ0n) is 9.27. The summed E-state index contributed by atoms with van der Waals surface area (Å²) in [5.41, 5.74) is 7.73. The maximum atomic E-state index is 11.6. The number of nitrogens with zero attached hydrogens (tertiary/aromatic N) is 2. The van der Waals surface area contributed by atoms with Gasteiger partial charge in [-0.1, -0.05) is 0 Å². The van der Waals surface area contributed by atoms with E-state index in [4.69, 9.17) is 10.5 Å². The highest BCUT2D eigenvalue weighted by molar-refractivity contribution is 5.68. The van der Waals surface area contributed by atoms with Crippen LogP contribution in [0.15, 0.2) is 6.20 Å². The Morgan fingerprint density at radius 3 is 3.31 bits per heavy atom. The molecule has 0 saturated heterocycles. The van der Waals surface area contributed by atoms with Gasteiger partial charge in [0.15, 0.2) is 0 Å². The van der Waals surface area contributed by atoms with Crippen LogP contribution >= 0.6 is 0 Å². The zero-order valence-corrected chi connectivity index (χ0v) is 9.27. The van der Waals surface area contributed by atoms with Gasteiger partial charge in [-0.3, -0.25) is 10.00 Å². The van der Waals surface area contributed by atoms with E-state index in [0.717, 1.165) is 12.1 Å². The predicted molar refractivity (Wildman–Crippen MR) is 57.8 cm³/mol. The van der Waals surface area contributed by atoms with Crippen molar-refractivity contribution < 1.29 is 9.53 Å². The van der Waals surface area contributed by atoms with Crippen molar-refractivity contribution in [2.75, 3.05) is 20.2 Å². The van der Waals surface area contributed by atoms with Gasteiger partial charge in [0.05, 0.1) is 25.0 Å². The molecule has 3 N–H and O–H groups in total. The van der Waals surface area contributed by atoms with E-state index in [2.05, 4.69) is 10.2 Å². The van der Waals surface area contributed by atoms with E-state index in [1.807, 2.05) is 6.20 Å². The standard InChI is InChI=1S/C10H16N4O2/c1-16-10(15)14-5-3-7-6-12-13-9(7)8(14)2-4-11/h6,8H,2-5,11H2,1H3,(H,12,13). The van der Waals surface area contributed by atoms with Crippen LogP contribution in [0.25, 0.3) is 0 Å². The largest absolute Gasteiger partial charge is 0.453 e. The van der Waals surface area contributed by atoms with Gasteiger partial charge in [0.25, 0.3) is 0 Å². The highest BCUT2D eigenvalue weighted by atomic mass is 16.5. The summed E-state index contributed by atoms with van der Waals surface area (Å²) in [7, 11) is 1.39. The summed E-state index contributed by atoms with van der Waals surface area (Å²) in [6, 6.07) is -0.0382. The Hall–Kier alpha value is -1.56. The Morgan fingerprint density at radius 1 is 1.81 bits per heavy atom. The van der Waals surface area contributed by atoms with Crippen LogP contribution in [0.5, 0.6) is 0 Å². The smallest absolute Gasteiger partial charge is 0.410 e. The molecule has 1 aliphatic heterocycles. The van der Waals surface area contributed by atoms with Crippen molar-refractivity contribution in [3.63, 3.8) is 0 Å². The van der Waals surface area contributed by atoms with Gasteiger partial charge in [0, 0.05) is 6.54 Å². The number of hydrogen-bond acceptors (Lipinski definition) is 4. The fraction of sp³-hybridized carbons (Fsp3) is 0.600. The van der Waals surface area contributed by atoms with Crippen LogP contribution in [0.2, 0.25) is 0 Å². The lowest BCUT2D eigenvalue weighted by Gasteiger charge is -2.33. The van der Waals surface area contributed by atoms with E-state index in [1.54, 1.807) is 4.90 Å². The number of H-pyrrole nitrogens is 1. The van der Waals surface area contributed by atoms with E-state index < -0.39 is 0 Å². The lowest BCUT2D eigenvalue weighted by Crippen LogP contribution is -2.40. The third-order valence-electron chi connectivity index (χ3n) is 2.93. The Bertz CT molecular complexity index is 377. The Labute approximate surface area is 93.8 Å². The van der Waals surface area contributed by atoms with E-state index >= 15 is 0 Å². The molecule has 6 heteroatoms. The van der Waals surface area contributed by atoms with Crippen molar-refractivity contribution in [2.45, 2.75) is 18.9 Å². The second kappa shape index (κ2) is 4.52. The van der Waals surface area contributed by atoms with Gasteiger partial charge in [-0.25, -0.2) is 4.79 Å². The van der Waals surface area contributed by atoms with Crippen LogP contribution in [0, 0.1) is 0 Å². The van der Waals surface area contributed by atoms with Crippen molar-refractivity contribution >= 4 is 6.09 Å². The highest BCUT2D eigenvalue weighted by Crippen LogP contribution is 2.30. The molecule has 1 aromatic rings. The van der Waals surface area contributed by atoms with Crippen molar-refractivity contribution in [2.24, 2.45) is 5.73 Å². The number of methoxy groups -OCH3 is 1. The van der Waals surface area contributed by atoms with Crippen molar-refractivity contribution in [3.8, 4) is 0 Å². The quantitative estimate of drug-likeness (QED) is 0.762. The first-order valence-electron chi connectivity index (χ1n) is 5.34. The second-order valence-electron chi connectivity index (χ2n) is 3.82. The van der Waals surface area contributed by atoms with Crippen LogP contribution in [-0.4, -0.2) is 41.4 Å². The average Bonchev–Trinajstić information content (AvgIpc) is 2.77. The topological polar surface area (TPSA) is 84.2 Å². The monoisotopic (exact) mass is 224 g/mol. The van der Waals surface area contributed by atoms with Crippen molar-refractivity contribution in [3.05, 3.63) is 17.5 Å². The number of carbonyl (C=O) groups is 1. The molecular weight excluding hydrogens is 208 g/mol. The van der Waals surface area contributed by atoms with Gasteiger partial charge in [0.2, 0.25) is 0 Å². The number of fused-ring (bicyclic) bond motifs is 1. The predicted octanol–water partition coefficient (Wildman–Crippen LogP) is 0.424. The number of aromatic nitrogens is 2. The Morgan fingerprint density at radius 2 is 2.62 bits per heavy atom. The molecule has 2 rings (SSSR count). The molecule has 6 nitrogen and oxygen atoms in total. The lowest BCUT2D eigenvalue weighted by atomic mass is 9.98. The number of amides is 1. The SMILES string of the molecule is COC(=O)N1CCc2cn[nH]c2C1CCN. The maximum Gasteiger partial charge on any atom is 0.410 e. The number of hydrogen-bond donors (Lipinski definition) is 2. The van der Waals surface area contributed by atoms with Crippen LogP contribution in [0.3, 0.4) is 0 Å². The summed E-state index contributed by atoms with van der Waals surface area (Å²) in [6.07, 6.45) is 3.03. The molecule has 1 aliphatic rings. The summed E-state index contributed by atoms with van der Waals surface area (Å²) in [5.74, 6) is 0. The number of nitrogens with two attached hydrogens (primary N) is 1. The van der Waals surface area contributed by atoms with E-state index in [9.17, 15) is 4.79 Å². The summed E-state index contributed by atoms with van der Waals surface area (Å²) < 4.78 is 4.77. The van der Waals surface area contributed by atoms with Crippen molar-refractivity contribution in [1.29, 1.82) is 0 Å². The molecule has 0 spiro atoms. The molecule has 0 aromatic carbocycles. The van der Waals surface area contributed by atoms with Crippen molar-refractivity contribution in [1.82, 2.24) is 15.1 Å². The molecule has 88 valence electrons. The molecule has 0 aliphatic carbocycles. The lowest BCUT2D eigenvalue weighted by molar-refractivity contribution is 0.0979. The average molecular weight is 224 g/mol. The molecule has 1 atom stereocenters. The summed E-state index contributed by atoms with van der Waals surface area (Å²) in [6.45, 7) is 1.18. The Balaban J connectivity index is 2.26. The molecule has 1 unspecified atom stereocenters. The molecule has 0 radical (unpaired) electrons. The van der Waals surface area contributed by atoms with Gasteiger partial charge in [-0.15, -0.1) is 0 Å². The minimum Gasteiger partial charge on any atom is -0.453 e. The van der Waals surface area contributed by atoms with Crippen LogP contribution in [-0.2, 0) is 11.2 Å². The van der Waals surface area contributed by atoms with Gasteiger partial charge >= 0.3 is 6.09 Å². The third kappa shape index (κ3) is 1.76. The number of ether oxygens (including phenoxy) is 1. The molecule has 1 aromatic heterocycles. The highest BCUT2D eigenvalue weighted by Gasteiger charge is 2.32. The summed E-state index contributed by atoms with van der Waals surface area (Å²) in [5, 5.41) is 6.96. The molecule has 2 heterocycles. The van der Waals surface area contributed by atoms with Gasteiger partial charge < -0.3 is 10.5 Å². The number of aromatic amines is 1. The number of carbonyl (C=O) groups excluding carboxylic acids is 1. The molecule has 0 bridgehead atoms. The molecule has 16 heavy (non-hydrogen) atoms. The fourth-order valence-corrected chi connectivity index (χ4v) is 2.16. The zero-order chi connectivity index (χ0) is 11.5. The molecular formula is C10H16N4O2. The maximum absolute atomic E-state index is 11.6. The van der Waals surface area contributed by atoms with Crippen LogP contribution in [0.1, 0.15) is 23.7 Å². The second-order valence-corrected chi connectivity index (χ2v) is 3.82. The van der Waals surface area contributed by atoms with E-state index in [0.29, 0.717) is 19.5 Å². The number of rotatable bonds is 2. The first-order valence-corrected chi connectivity index (χ1v) is 5.34. The first kappa shape index (κ1) is 10.9. The van der Waals surface area contributed by atoms with Crippen LogP contribution < -0.4 is 5.73 Å². The molecule has 0 saturated carbocycles. The minimum absolute atomic E-state index is 0.0382. The molecule has 1 amide bonds. The van der Waals surface area contributed by atoms with Gasteiger partial charge in [-0.05, 0) is 24.9 Å². The minimum atomic E-state index is -0.307.